The number of nitrogens with two attached hydrogens (primary N) is 2. The van der Waals surface area contributed by atoms with Gasteiger partial charge in [-0.2, -0.15) is 15.0 Å². The summed E-state index contributed by atoms with van der Waals surface area (Å²) < 4.78 is 0. The maximum atomic E-state index is 9.52. The summed E-state index contributed by atoms with van der Waals surface area (Å²) in [5.41, 5.74) is 11.0. The standard InChI is InChI=1S/C9H16N6O/c10-8-12-7(13-9(11)14-8)5-15-3-1-2-6(16)4-15/h6,16H,1-5H2,(H4,10,11,12,13,14). The molecule has 88 valence electrons. The number of rotatable bonds is 2. The average molecular weight is 224 g/mol. The number of hydrogen-bond donors (Lipinski definition) is 3. The fourth-order valence-corrected chi connectivity index (χ4v) is 1.90. The highest BCUT2D eigenvalue weighted by molar-refractivity contribution is 5.25. The van der Waals surface area contributed by atoms with Crippen LogP contribution < -0.4 is 11.5 Å². The third-order valence-corrected chi connectivity index (χ3v) is 2.56. The summed E-state index contributed by atoms with van der Waals surface area (Å²) in [5, 5.41) is 9.52. The number of β-amino-alcohol motifs (C(OH)–C–C–N with tert-alkyl or cyclic N) is 1. The Morgan fingerprint density at radius 1 is 1.25 bits per heavy atom. The van der Waals surface area contributed by atoms with Gasteiger partial charge in [-0.05, 0) is 19.4 Å². The number of likely N-dealkylation sites (tertiary alicyclic amines) is 1. The monoisotopic (exact) mass is 224 g/mol. The first-order valence-corrected chi connectivity index (χ1v) is 5.30. The molecular weight excluding hydrogens is 208 g/mol. The van der Waals surface area contributed by atoms with Crippen molar-refractivity contribution in [2.75, 3.05) is 24.6 Å². The number of aliphatic hydroxyl groups excluding tert-OH is 1. The molecule has 0 bridgehead atoms. The summed E-state index contributed by atoms with van der Waals surface area (Å²) in [6.07, 6.45) is 1.58. The number of aliphatic hydroxyl groups is 1. The Hall–Kier alpha value is -1.47. The van der Waals surface area contributed by atoms with Crippen LogP contribution in [-0.4, -0.2) is 44.2 Å². The third kappa shape index (κ3) is 2.77. The maximum Gasteiger partial charge on any atom is 0.225 e. The minimum Gasteiger partial charge on any atom is -0.392 e. The summed E-state index contributed by atoms with van der Waals surface area (Å²) in [5.74, 6) is 0.833. The zero-order valence-corrected chi connectivity index (χ0v) is 9.00. The van der Waals surface area contributed by atoms with Gasteiger partial charge in [-0.1, -0.05) is 0 Å². The van der Waals surface area contributed by atoms with Gasteiger partial charge >= 0.3 is 0 Å². The van der Waals surface area contributed by atoms with Crippen LogP contribution in [0.15, 0.2) is 0 Å². The lowest BCUT2D eigenvalue weighted by atomic mass is 10.1. The Morgan fingerprint density at radius 2 is 1.94 bits per heavy atom. The van der Waals surface area contributed by atoms with Crippen LogP contribution in [-0.2, 0) is 6.54 Å². The van der Waals surface area contributed by atoms with Gasteiger partial charge in [-0.15, -0.1) is 0 Å². The van der Waals surface area contributed by atoms with Crippen molar-refractivity contribution in [1.82, 2.24) is 19.9 Å². The van der Waals surface area contributed by atoms with Crippen molar-refractivity contribution in [3.05, 3.63) is 5.82 Å². The minimum absolute atomic E-state index is 0.139. The highest BCUT2D eigenvalue weighted by Gasteiger charge is 2.18. The Labute approximate surface area is 93.5 Å². The van der Waals surface area contributed by atoms with Gasteiger partial charge in [0.15, 0.2) is 0 Å². The molecule has 1 unspecified atom stereocenters. The lowest BCUT2D eigenvalue weighted by molar-refractivity contribution is 0.0655. The third-order valence-electron chi connectivity index (χ3n) is 2.56. The molecule has 16 heavy (non-hydrogen) atoms. The van der Waals surface area contributed by atoms with E-state index in [2.05, 4.69) is 19.9 Å². The van der Waals surface area contributed by atoms with Crippen molar-refractivity contribution < 1.29 is 5.11 Å². The van der Waals surface area contributed by atoms with Crippen molar-refractivity contribution in [3.8, 4) is 0 Å². The Bertz CT molecular complexity index is 351. The molecule has 0 amide bonds. The van der Waals surface area contributed by atoms with Crippen molar-refractivity contribution in [1.29, 1.82) is 0 Å². The van der Waals surface area contributed by atoms with Gasteiger partial charge in [0.1, 0.15) is 5.82 Å². The quantitative estimate of drug-likeness (QED) is 0.589. The molecule has 1 aromatic heterocycles. The number of anilines is 2. The van der Waals surface area contributed by atoms with Gasteiger partial charge in [-0.25, -0.2) is 0 Å². The Kier molecular flexibility index (Phi) is 3.16. The first-order chi connectivity index (χ1) is 7.63. The topological polar surface area (TPSA) is 114 Å². The summed E-state index contributed by atoms with van der Waals surface area (Å²) >= 11 is 0. The van der Waals surface area contributed by atoms with E-state index < -0.39 is 0 Å². The van der Waals surface area contributed by atoms with Gasteiger partial charge < -0.3 is 16.6 Å². The molecule has 5 N–H and O–H groups in total. The Morgan fingerprint density at radius 3 is 2.56 bits per heavy atom. The van der Waals surface area contributed by atoms with E-state index in [0.717, 1.165) is 19.4 Å². The van der Waals surface area contributed by atoms with E-state index in [1.165, 1.54) is 0 Å². The molecule has 1 aliphatic rings. The second-order valence-corrected chi connectivity index (χ2v) is 4.00. The zero-order valence-electron chi connectivity index (χ0n) is 9.00. The number of hydrogen-bond acceptors (Lipinski definition) is 7. The van der Waals surface area contributed by atoms with Gasteiger partial charge in [0.2, 0.25) is 11.9 Å². The lowest BCUT2D eigenvalue weighted by Crippen LogP contribution is -2.38. The minimum atomic E-state index is -0.259. The largest absolute Gasteiger partial charge is 0.392 e. The van der Waals surface area contributed by atoms with Gasteiger partial charge in [0, 0.05) is 6.54 Å². The average Bonchev–Trinajstić information content (AvgIpc) is 2.15. The predicted molar refractivity (Wildman–Crippen MR) is 59.2 cm³/mol. The summed E-state index contributed by atoms with van der Waals surface area (Å²) in [6.45, 7) is 2.13. The van der Waals surface area contributed by atoms with Crippen LogP contribution in [0.4, 0.5) is 11.9 Å². The summed E-state index contributed by atoms with van der Waals surface area (Å²) in [7, 11) is 0. The van der Waals surface area contributed by atoms with Crippen molar-refractivity contribution in [2.24, 2.45) is 0 Å². The molecule has 1 fully saturated rings. The molecular formula is C9H16N6O. The van der Waals surface area contributed by atoms with Crippen LogP contribution in [0.25, 0.3) is 0 Å². The van der Waals surface area contributed by atoms with E-state index in [1.54, 1.807) is 0 Å². The number of nitrogens with zero attached hydrogens (tertiary/aromatic N) is 4. The predicted octanol–water partition coefficient (Wildman–Crippen LogP) is -1.01. The fraction of sp³-hybridized carbons (Fsp3) is 0.667. The maximum absolute atomic E-state index is 9.52. The Balaban J connectivity index is 2.02. The second-order valence-electron chi connectivity index (χ2n) is 4.00. The normalized spacial score (nSPS) is 22.2. The lowest BCUT2D eigenvalue weighted by Gasteiger charge is -2.29. The molecule has 0 spiro atoms. The second kappa shape index (κ2) is 4.58. The van der Waals surface area contributed by atoms with E-state index >= 15 is 0 Å². The SMILES string of the molecule is Nc1nc(N)nc(CN2CCCC(O)C2)n1. The number of aromatic nitrogens is 3. The first kappa shape index (κ1) is 11.0. The highest BCUT2D eigenvalue weighted by Crippen LogP contribution is 2.12. The van der Waals surface area contributed by atoms with Crippen LogP contribution in [0, 0.1) is 0 Å². The molecule has 1 saturated heterocycles. The highest BCUT2D eigenvalue weighted by atomic mass is 16.3. The molecule has 7 nitrogen and oxygen atoms in total. The summed E-state index contributed by atoms with van der Waals surface area (Å²) in [4.78, 5) is 13.8. The van der Waals surface area contributed by atoms with E-state index in [-0.39, 0.29) is 18.0 Å². The molecule has 0 radical (unpaired) electrons. The molecule has 2 heterocycles. The zero-order chi connectivity index (χ0) is 11.5. The van der Waals surface area contributed by atoms with E-state index in [1.807, 2.05) is 0 Å². The molecule has 7 heteroatoms. The van der Waals surface area contributed by atoms with Crippen molar-refractivity contribution >= 4 is 11.9 Å². The van der Waals surface area contributed by atoms with E-state index in [4.69, 9.17) is 11.5 Å². The molecule has 0 aromatic carbocycles. The molecule has 0 saturated carbocycles. The number of piperidine rings is 1. The van der Waals surface area contributed by atoms with E-state index in [9.17, 15) is 5.11 Å². The van der Waals surface area contributed by atoms with Crippen LogP contribution in [0.2, 0.25) is 0 Å². The van der Waals surface area contributed by atoms with Gasteiger partial charge in [0.25, 0.3) is 0 Å². The van der Waals surface area contributed by atoms with Crippen LogP contribution in [0.3, 0.4) is 0 Å². The van der Waals surface area contributed by atoms with Crippen LogP contribution in [0.5, 0.6) is 0 Å². The molecule has 1 aliphatic heterocycles. The van der Waals surface area contributed by atoms with Gasteiger partial charge in [0.05, 0.1) is 12.6 Å². The summed E-state index contributed by atoms with van der Waals surface area (Å²) in [6, 6.07) is 0. The molecule has 1 atom stereocenters. The van der Waals surface area contributed by atoms with Crippen molar-refractivity contribution in [2.45, 2.75) is 25.5 Å². The number of nitrogen functional groups attached to an aromatic ring is 2. The molecule has 2 rings (SSSR count). The van der Waals surface area contributed by atoms with Crippen molar-refractivity contribution in [3.63, 3.8) is 0 Å². The molecule has 1 aromatic rings. The van der Waals surface area contributed by atoms with Crippen LogP contribution in [0.1, 0.15) is 18.7 Å². The van der Waals surface area contributed by atoms with Crippen LogP contribution >= 0.6 is 0 Å². The first-order valence-electron chi connectivity index (χ1n) is 5.30. The fourth-order valence-electron chi connectivity index (χ4n) is 1.90. The van der Waals surface area contributed by atoms with E-state index in [0.29, 0.717) is 18.9 Å². The molecule has 0 aliphatic carbocycles. The smallest absolute Gasteiger partial charge is 0.225 e. The van der Waals surface area contributed by atoms with Gasteiger partial charge in [-0.3, -0.25) is 4.90 Å².